The standard InChI is InChI=1S/C18H16Cl3N3O3S3/c1-23-16-12(3-2-11(19)15(16)21)28-18(23)22-17(25)10-6-8-24(9-7-10)30(26,27)14-5-4-13(20)29-14/h2-5,10H,6-9H2,1H3. The molecule has 0 spiro atoms. The van der Waals surface area contributed by atoms with E-state index in [1.165, 1.54) is 21.7 Å². The summed E-state index contributed by atoms with van der Waals surface area (Å²) in [7, 11) is -1.80. The number of fused-ring (bicyclic) bond motifs is 1. The quantitative estimate of drug-likeness (QED) is 0.494. The van der Waals surface area contributed by atoms with Crippen LogP contribution in [0, 0.1) is 5.92 Å². The van der Waals surface area contributed by atoms with E-state index in [-0.39, 0.29) is 29.1 Å². The van der Waals surface area contributed by atoms with Crippen molar-refractivity contribution in [3.8, 4) is 0 Å². The molecule has 6 nitrogen and oxygen atoms in total. The molecular formula is C18H16Cl3N3O3S3. The second-order valence-electron chi connectivity index (χ2n) is 6.84. The minimum atomic E-state index is -3.59. The zero-order valence-electron chi connectivity index (χ0n) is 15.6. The summed E-state index contributed by atoms with van der Waals surface area (Å²) in [5.74, 6) is -0.580. The number of carbonyl (C=O) groups is 1. The molecule has 0 aliphatic carbocycles. The first-order chi connectivity index (χ1) is 14.2. The third-order valence-electron chi connectivity index (χ3n) is 5.01. The lowest BCUT2D eigenvalue weighted by molar-refractivity contribution is -0.122. The van der Waals surface area contributed by atoms with Gasteiger partial charge in [-0.25, -0.2) is 8.42 Å². The average molecular weight is 525 g/mol. The number of hydrogen-bond acceptors (Lipinski definition) is 5. The van der Waals surface area contributed by atoms with Gasteiger partial charge in [-0.2, -0.15) is 9.30 Å². The van der Waals surface area contributed by atoms with Crippen LogP contribution in [0.3, 0.4) is 0 Å². The molecule has 1 saturated heterocycles. The Morgan fingerprint density at radius 3 is 2.43 bits per heavy atom. The molecule has 2 aromatic heterocycles. The van der Waals surface area contributed by atoms with Crippen LogP contribution in [-0.4, -0.2) is 36.3 Å². The van der Waals surface area contributed by atoms with Crippen molar-refractivity contribution in [2.75, 3.05) is 13.1 Å². The molecular weight excluding hydrogens is 509 g/mol. The fraction of sp³-hybridized carbons (Fsp3) is 0.333. The van der Waals surface area contributed by atoms with Crippen LogP contribution in [0.2, 0.25) is 14.4 Å². The number of hydrogen-bond donors (Lipinski definition) is 0. The number of nitrogens with zero attached hydrogens (tertiary/aromatic N) is 3. The highest BCUT2D eigenvalue weighted by atomic mass is 35.5. The molecule has 1 aliphatic heterocycles. The van der Waals surface area contributed by atoms with Crippen LogP contribution in [-0.2, 0) is 21.9 Å². The van der Waals surface area contributed by atoms with E-state index in [2.05, 4.69) is 4.99 Å². The van der Waals surface area contributed by atoms with Gasteiger partial charge in [-0.15, -0.1) is 11.3 Å². The van der Waals surface area contributed by atoms with Gasteiger partial charge in [0.1, 0.15) is 4.21 Å². The molecule has 12 heteroatoms. The van der Waals surface area contributed by atoms with Gasteiger partial charge in [0.25, 0.3) is 15.9 Å². The Morgan fingerprint density at radius 1 is 1.10 bits per heavy atom. The van der Waals surface area contributed by atoms with E-state index in [1.54, 1.807) is 23.7 Å². The average Bonchev–Trinajstić information content (AvgIpc) is 3.29. The zero-order valence-corrected chi connectivity index (χ0v) is 20.4. The number of carbonyl (C=O) groups excluding carboxylic acids is 1. The highest BCUT2D eigenvalue weighted by molar-refractivity contribution is 7.91. The summed E-state index contributed by atoms with van der Waals surface area (Å²) in [5.41, 5.74) is 0.733. The maximum Gasteiger partial charge on any atom is 0.252 e. The molecule has 1 fully saturated rings. The molecule has 1 aliphatic rings. The molecule has 3 heterocycles. The largest absolute Gasteiger partial charge is 0.318 e. The predicted octanol–water partition coefficient (Wildman–Crippen LogP) is 4.79. The number of benzene rings is 1. The number of halogens is 3. The summed E-state index contributed by atoms with van der Waals surface area (Å²) >= 11 is 20.7. The summed E-state index contributed by atoms with van der Waals surface area (Å²) < 4.78 is 30.1. The van der Waals surface area contributed by atoms with Crippen molar-refractivity contribution in [2.45, 2.75) is 17.1 Å². The van der Waals surface area contributed by atoms with Crippen LogP contribution in [0.15, 0.2) is 33.5 Å². The van der Waals surface area contributed by atoms with Gasteiger partial charge in [0.15, 0.2) is 4.80 Å². The lowest BCUT2D eigenvalue weighted by atomic mass is 9.98. The maximum atomic E-state index is 12.8. The fourth-order valence-corrected chi connectivity index (χ4v) is 8.01. The summed E-state index contributed by atoms with van der Waals surface area (Å²) in [5, 5.41) is 0.866. The molecule has 1 amide bonds. The number of aryl methyl sites for hydroxylation is 1. The highest BCUT2D eigenvalue weighted by Crippen LogP contribution is 2.32. The van der Waals surface area contributed by atoms with Crippen LogP contribution in [0.25, 0.3) is 10.2 Å². The van der Waals surface area contributed by atoms with Crippen molar-refractivity contribution in [1.82, 2.24) is 8.87 Å². The van der Waals surface area contributed by atoms with E-state index >= 15 is 0 Å². The lowest BCUT2D eigenvalue weighted by Gasteiger charge is -2.29. The molecule has 4 rings (SSSR count). The Bertz CT molecular complexity index is 1300. The number of aromatic nitrogens is 1. The topological polar surface area (TPSA) is 71.7 Å². The molecule has 3 aromatic rings. The van der Waals surface area contributed by atoms with Crippen molar-refractivity contribution in [3.63, 3.8) is 0 Å². The van der Waals surface area contributed by atoms with E-state index in [9.17, 15) is 13.2 Å². The van der Waals surface area contributed by atoms with Gasteiger partial charge in [-0.1, -0.05) is 46.1 Å². The Balaban J connectivity index is 1.52. The predicted molar refractivity (Wildman–Crippen MR) is 122 cm³/mol. The first-order valence-corrected chi connectivity index (χ1v) is 13.2. The van der Waals surface area contributed by atoms with Gasteiger partial charge in [0.05, 0.1) is 24.6 Å². The molecule has 160 valence electrons. The number of thiazole rings is 1. The number of thiophene rings is 1. The molecule has 0 saturated carbocycles. The van der Waals surface area contributed by atoms with Gasteiger partial charge in [0.2, 0.25) is 0 Å². The molecule has 1 aromatic carbocycles. The highest BCUT2D eigenvalue weighted by Gasteiger charge is 2.33. The van der Waals surface area contributed by atoms with Crippen LogP contribution in [0.4, 0.5) is 0 Å². The first kappa shape index (κ1) is 22.3. The van der Waals surface area contributed by atoms with Crippen LogP contribution in [0.5, 0.6) is 0 Å². The van der Waals surface area contributed by atoms with E-state index in [0.717, 1.165) is 21.6 Å². The van der Waals surface area contributed by atoms with Crippen molar-refractivity contribution in [2.24, 2.45) is 18.0 Å². The SMILES string of the molecule is Cn1c(=NC(=O)C2CCN(S(=O)(=O)c3ccc(Cl)s3)CC2)sc2ccc(Cl)c(Cl)c21. The third kappa shape index (κ3) is 4.09. The van der Waals surface area contributed by atoms with Crippen molar-refractivity contribution < 1.29 is 13.2 Å². The van der Waals surface area contributed by atoms with Crippen LogP contribution < -0.4 is 4.80 Å². The summed E-state index contributed by atoms with van der Waals surface area (Å²) in [4.78, 5) is 17.6. The second-order valence-corrected chi connectivity index (χ2v) is 12.5. The monoisotopic (exact) mass is 523 g/mol. The van der Waals surface area contributed by atoms with Crippen molar-refractivity contribution in [1.29, 1.82) is 0 Å². The Labute approximate surface area is 196 Å². The fourth-order valence-electron chi connectivity index (χ4n) is 3.37. The molecule has 0 radical (unpaired) electrons. The van der Waals surface area contributed by atoms with Gasteiger partial charge in [-0.05, 0) is 37.1 Å². The second kappa shape index (κ2) is 8.54. The normalized spacial score (nSPS) is 17.1. The van der Waals surface area contributed by atoms with E-state index in [1.807, 2.05) is 6.07 Å². The maximum absolute atomic E-state index is 12.8. The van der Waals surface area contributed by atoms with Gasteiger partial charge < -0.3 is 4.57 Å². The minimum absolute atomic E-state index is 0.217. The Hall–Kier alpha value is -0.940. The summed E-state index contributed by atoms with van der Waals surface area (Å²) in [6.07, 6.45) is 0.837. The lowest BCUT2D eigenvalue weighted by Crippen LogP contribution is -2.40. The van der Waals surface area contributed by atoms with E-state index < -0.39 is 10.0 Å². The van der Waals surface area contributed by atoms with E-state index in [4.69, 9.17) is 34.8 Å². The van der Waals surface area contributed by atoms with Crippen molar-refractivity contribution >= 4 is 83.6 Å². The minimum Gasteiger partial charge on any atom is -0.318 e. The zero-order chi connectivity index (χ0) is 21.6. The van der Waals surface area contributed by atoms with Crippen LogP contribution >= 0.6 is 57.5 Å². The van der Waals surface area contributed by atoms with Gasteiger partial charge in [-0.3, -0.25) is 4.79 Å². The molecule has 0 atom stereocenters. The summed E-state index contributed by atoms with van der Waals surface area (Å²) in [6, 6.07) is 6.63. The summed E-state index contributed by atoms with van der Waals surface area (Å²) in [6.45, 7) is 0.535. The molecule has 0 N–H and O–H groups in total. The van der Waals surface area contributed by atoms with Gasteiger partial charge in [0, 0.05) is 26.1 Å². The van der Waals surface area contributed by atoms with Crippen LogP contribution in [0.1, 0.15) is 12.8 Å². The van der Waals surface area contributed by atoms with Gasteiger partial charge >= 0.3 is 0 Å². The first-order valence-electron chi connectivity index (χ1n) is 8.96. The molecule has 0 bridgehead atoms. The van der Waals surface area contributed by atoms with E-state index in [0.29, 0.717) is 32.0 Å². The Kier molecular flexibility index (Phi) is 6.33. The Morgan fingerprint density at radius 2 is 1.80 bits per heavy atom. The number of sulfonamides is 1. The number of amides is 1. The third-order valence-corrected chi connectivity index (χ3v) is 10.5. The smallest absolute Gasteiger partial charge is 0.252 e. The molecule has 30 heavy (non-hydrogen) atoms. The van der Waals surface area contributed by atoms with Crippen molar-refractivity contribution in [3.05, 3.63) is 43.4 Å². The number of piperidine rings is 1. The molecule has 0 unspecified atom stereocenters. The number of rotatable bonds is 3.